The van der Waals surface area contributed by atoms with Crippen molar-refractivity contribution < 1.29 is 24.0 Å². The molecule has 170 valence electrons. The standard InChI is InChI=1S/C23H23N5O5/c1-15(28-20(30)14-27-22(32)18-5-3-2-4-6-18)21(31)26-13-19(29)23(33)25-12-17-9-7-16(11-24)8-10-17/h2-10,15H,12-14H2,1H3,(H,25,33)(H,26,31)(H,27,32)(H,28,30). The third kappa shape index (κ3) is 8.26. The quantitative estimate of drug-likeness (QED) is 0.368. The second kappa shape index (κ2) is 12.4. The largest absolute Gasteiger partial charge is 0.347 e. The average Bonchev–Trinajstić information content (AvgIpc) is 2.84. The molecule has 1 atom stereocenters. The molecule has 0 aliphatic carbocycles. The number of nitrogens with zero attached hydrogens (tertiary/aromatic N) is 1. The van der Waals surface area contributed by atoms with E-state index in [4.69, 9.17) is 5.26 Å². The zero-order chi connectivity index (χ0) is 24.2. The maximum atomic E-state index is 12.1. The lowest BCUT2D eigenvalue weighted by Crippen LogP contribution is -2.49. The first-order valence-electron chi connectivity index (χ1n) is 10.0. The molecule has 0 saturated carbocycles. The third-order valence-electron chi connectivity index (χ3n) is 4.43. The number of Topliss-reactive ketones (excluding diaryl/α,β-unsaturated/α-hetero) is 1. The number of amides is 4. The summed E-state index contributed by atoms with van der Waals surface area (Å²) < 4.78 is 0. The summed E-state index contributed by atoms with van der Waals surface area (Å²) >= 11 is 0. The number of carbonyl (C=O) groups is 5. The molecule has 4 N–H and O–H groups in total. The Labute approximate surface area is 190 Å². The molecule has 0 spiro atoms. The fourth-order valence-corrected chi connectivity index (χ4v) is 2.59. The fraction of sp³-hybridized carbons (Fsp3) is 0.217. The molecule has 0 bridgehead atoms. The molecule has 0 aliphatic heterocycles. The maximum Gasteiger partial charge on any atom is 0.289 e. The minimum Gasteiger partial charge on any atom is -0.347 e. The first-order valence-corrected chi connectivity index (χ1v) is 10.0. The van der Waals surface area contributed by atoms with E-state index in [1.807, 2.05) is 6.07 Å². The molecule has 4 amide bonds. The van der Waals surface area contributed by atoms with Gasteiger partial charge >= 0.3 is 0 Å². The highest BCUT2D eigenvalue weighted by Crippen LogP contribution is 2.02. The summed E-state index contributed by atoms with van der Waals surface area (Å²) in [7, 11) is 0. The summed E-state index contributed by atoms with van der Waals surface area (Å²) in [5.41, 5.74) is 1.57. The van der Waals surface area contributed by atoms with Crippen LogP contribution in [0.3, 0.4) is 0 Å². The van der Waals surface area contributed by atoms with E-state index in [9.17, 15) is 24.0 Å². The lowest BCUT2D eigenvalue weighted by molar-refractivity contribution is -0.138. The van der Waals surface area contributed by atoms with Crippen molar-refractivity contribution in [2.24, 2.45) is 0 Å². The van der Waals surface area contributed by atoms with E-state index < -0.39 is 42.0 Å². The summed E-state index contributed by atoms with van der Waals surface area (Å²) in [6.07, 6.45) is 0. The number of nitriles is 1. The van der Waals surface area contributed by atoms with Crippen molar-refractivity contribution in [1.29, 1.82) is 5.26 Å². The molecule has 33 heavy (non-hydrogen) atoms. The van der Waals surface area contributed by atoms with Crippen molar-refractivity contribution in [2.75, 3.05) is 13.1 Å². The van der Waals surface area contributed by atoms with E-state index in [1.165, 1.54) is 6.92 Å². The van der Waals surface area contributed by atoms with Crippen LogP contribution in [0.1, 0.15) is 28.4 Å². The molecule has 0 heterocycles. The second-order valence-electron chi connectivity index (χ2n) is 6.97. The van der Waals surface area contributed by atoms with Crippen molar-refractivity contribution in [3.05, 3.63) is 71.3 Å². The van der Waals surface area contributed by atoms with Crippen LogP contribution in [0.25, 0.3) is 0 Å². The van der Waals surface area contributed by atoms with Gasteiger partial charge in [-0.2, -0.15) is 5.26 Å². The lowest BCUT2D eigenvalue weighted by Gasteiger charge is -2.14. The molecule has 2 rings (SSSR count). The number of nitrogens with one attached hydrogen (secondary N) is 4. The molecular weight excluding hydrogens is 426 g/mol. The first kappa shape index (κ1) is 24.7. The second-order valence-corrected chi connectivity index (χ2v) is 6.97. The summed E-state index contributed by atoms with van der Waals surface area (Å²) in [6.45, 7) is 0.623. The van der Waals surface area contributed by atoms with Gasteiger partial charge in [0.25, 0.3) is 11.8 Å². The fourth-order valence-electron chi connectivity index (χ4n) is 2.59. The number of benzene rings is 2. The van der Waals surface area contributed by atoms with E-state index >= 15 is 0 Å². The molecule has 0 saturated heterocycles. The highest BCUT2D eigenvalue weighted by Gasteiger charge is 2.19. The normalized spacial score (nSPS) is 10.8. The molecule has 0 radical (unpaired) electrons. The molecule has 0 aromatic heterocycles. The highest BCUT2D eigenvalue weighted by molar-refractivity contribution is 6.37. The van der Waals surface area contributed by atoms with Gasteiger partial charge in [-0.05, 0) is 36.8 Å². The number of hydrogen-bond donors (Lipinski definition) is 4. The Balaban J connectivity index is 1.68. The number of carbonyl (C=O) groups excluding carboxylic acids is 5. The van der Waals surface area contributed by atoms with Crippen LogP contribution >= 0.6 is 0 Å². The van der Waals surface area contributed by atoms with Gasteiger partial charge in [-0.15, -0.1) is 0 Å². The van der Waals surface area contributed by atoms with E-state index in [-0.39, 0.29) is 13.1 Å². The molecular formula is C23H23N5O5. The van der Waals surface area contributed by atoms with Gasteiger partial charge in [0.1, 0.15) is 6.04 Å². The van der Waals surface area contributed by atoms with Gasteiger partial charge in [0.15, 0.2) is 0 Å². The highest BCUT2D eigenvalue weighted by atomic mass is 16.2. The Kier molecular flexibility index (Phi) is 9.27. The molecule has 10 heteroatoms. The number of ketones is 1. The van der Waals surface area contributed by atoms with Crippen molar-refractivity contribution in [3.8, 4) is 6.07 Å². The predicted molar refractivity (Wildman–Crippen MR) is 117 cm³/mol. The Hall–Kier alpha value is -4.52. The maximum absolute atomic E-state index is 12.1. The Morgan fingerprint density at radius 3 is 2.18 bits per heavy atom. The van der Waals surface area contributed by atoms with Crippen LogP contribution in [-0.4, -0.2) is 48.5 Å². The van der Waals surface area contributed by atoms with Gasteiger partial charge in [-0.3, -0.25) is 24.0 Å². The number of hydrogen-bond acceptors (Lipinski definition) is 6. The Morgan fingerprint density at radius 1 is 0.879 bits per heavy atom. The van der Waals surface area contributed by atoms with E-state index in [2.05, 4.69) is 21.3 Å². The minimum atomic E-state index is -0.986. The first-order chi connectivity index (χ1) is 15.8. The van der Waals surface area contributed by atoms with E-state index in [1.54, 1.807) is 54.6 Å². The van der Waals surface area contributed by atoms with Gasteiger partial charge in [0.2, 0.25) is 17.6 Å². The third-order valence-corrected chi connectivity index (χ3v) is 4.43. The van der Waals surface area contributed by atoms with Crippen molar-refractivity contribution in [2.45, 2.75) is 19.5 Å². The monoisotopic (exact) mass is 449 g/mol. The van der Waals surface area contributed by atoms with E-state index in [0.717, 1.165) is 0 Å². The van der Waals surface area contributed by atoms with E-state index in [0.29, 0.717) is 16.7 Å². The zero-order valence-electron chi connectivity index (χ0n) is 17.9. The van der Waals surface area contributed by atoms with Crippen LogP contribution in [-0.2, 0) is 25.7 Å². The van der Waals surface area contributed by atoms with Gasteiger partial charge < -0.3 is 21.3 Å². The van der Waals surface area contributed by atoms with Crippen LogP contribution in [0, 0.1) is 11.3 Å². The van der Waals surface area contributed by atoms with Crippen LogP contribution in [0.2, 0.25) is 0 Å². The van der Waals surface area contributed by atoms with Crippen LogP contribution in [0.5, 0.6) is 0 Å². The SMILES string of the molecule is CC(NC(=O)CNC(=O)c1ccccc1)C(=O)NCC(=O)C(=O)NCc1ccc(C#N)cc1. The summed E-state index contributed by atoms with van der Waals surface area (Å²) in [5.74, 6) is -3.41. The topological polar surface area (TPSA) is 157 Å². The molecule has 0 aliphatic rings. The summed E-state index contributed by atoms with van der Waals surface area (Å²) in [5, 5.41) is 18.3. The van der Waals surface area contributed by atoms with Gasteiger partial charge in [0, 0.05) is 12.1 Å². The number of rotatable bonds is 10. The Morgan fingerprint density at radius 2 is 1.55 bits per heavy atom. The molecule has 1 unspecified atom stereocenters. The van der Waals surface area contributed by atoms with Crippen molar-refractivity contribution in [3.63, 3.8) is 0 Å². The Bertz CT molecular complexity index is 1060. The zero-order valence-corrected chi connectivity index (χ0v) is 17.9. The van der Waals surface area contributed by atoms with Crippen LogP contribution in [0.4, 0.5) is 0 Å². The predicted octanol–water partition coefficient (Wildman–Crippen LogP) is -0.206. The lowest BCUT2D eigenvalue weighted by atomic mass is 10.1. The smallest absolute Gasteiger partial charge is 0.289 e. The van der Waals surface area contributed by atoms with Crippen molar-refractivity contribution in [1.82, 2.24) is 21.3 Å². The van der Waals surface area contributed by atoms with Gasteiger partial charge in [-0.25, -0.2) is 0 Å². The van der Waals surface area contributed by atoms with Gasteiger partial charge in [0.05, 0.1) is 24.7 Å². The average molecular weight is 449 g/mol. The van der Waals surface area contributed by atoms with Crippen molar-refractivity contribution >= 4 is 29.4 Å². The summed E-state index contributed by atoms with van der Waals surface area (Å²) in [6, 6.07) is 15.8. The molecule has 10 nitrogen and oxygen atoms in total. The van der Waals surface area contributed by atoms with Crippen LogP contribution in [0.15, 0.2) is 54.6 Å². The van der Waals surface area contributed by atoms with Crippen LogP contribution < -0.4 is 21.3 Å². The molecule has 2 aromatic carbocycles. The summed E-state index contributed by atoms with van der Waals surface area (Å²) in [4.78, 5) is 59.8. The van der Waals surface area contributed by atoms with Gasteiger partial charge in [-0.1, -0.05) is 30.3 Å². The minimum absolute atomic E-state index is 0.0887. The molecule has 2 aromatic rings. The molecule has 0 fully saturated rings.